The van der Waals surface area contributed by atoms with E-state index in [9.17, 15) is 8.42 Å². The fourth-order valence-corrected chi connectivity index (χ4v) is 3.53. The second kappa shape index (κ2) is 7.36. The summed E-state index contributed by atoms with van der Waals surface area (Å²) in [6.07, 6.45) is 7.48. The summed E-state index contributed by atoms with van der Waals surface area (Å²) in [6, 6.07) is 2.74. The van der Waals surface area contributed by atoms with E-state index in [4.69, 9.17) is 16.3 Å². The van der Waals surface area contributed by atoms with Gasteiger partial charge in [-0.1, -0.05) is 30.9 Å². The van der Waals surface area contributed by atoms with Crippen LogP contribution in [0.1, 0.15) is 32.1 Å². The first-order chi connectivity index (χ1) is 9.58. The Bertz CT molecular complexity index is 530. The number of hydrogen-bond donors (Lipinski definition) is 1. The molecule has 0 aromatic carbocycles. The molecule has 0 radical (unpaired) electrons. The average molecular weight is 319 g/mol. The molecule has 1 aromatic heterocycles. The molecule has 0 aliphatic heterocycles. The molecule has 1 aliphatic rings. The lowest BCUT2D eigenvalue weighted by Crippen LogP contribution is -2.29. The highest BCUT2D eigenvalue weighted by molar-refractivity contribution is 7.89. The van der Waals surface area contributed by atoms with E-state index in [1.807, 2.05) is 0 Å². The van der Waals surface area contributed by atoms with Crippen LogP contribution in [0.15, 0.2) is 23.2 Å². The summed E-state index contributed by atoms with van der Waals surface area (Å²) in [6.45, 7) is 0.654. The highest BCUT2D eigenvalue weighted by atomic mass is 35.5. The number of aromatic nitrogens is 1. The zero-order valence-electron chi connectivity index (χ0n) is 11.2. The lowest BCUT2D eigenvalue weighted by molar-refractivity contribution is 0.0321. The quantitative estimate of drug-likeness (QED) is 0.646. The normalized spacial score (nSPS) is 17.2. The lowest BCUT2D eigenvalue weighted by atomic mass is 9.98. The summed E-state index contributed by atoms with van der Waals surface area (Å²) >= 11 is 5.69. The van der Waals surface area contributed by atoms with Gasteiger partial charge in [-0.25, -0.2) is 18.1 Å². The second-order valence-corrected chi connectivity index (χ2v) is 7.00. The first-order valence-corrected chi connectivity index (χ1v) is 8.67. The van der Waals surface area contributed by atoms with Crippen LogP contribution in [-0.4, -0.2) is 32.7 Å². The SMILES string of the molecule is O=S(=O)(NCCOC1CCCCC1)c1ccnc(Cl)c1. The molecule has 1 heterocycles. The Hall–Kier alpha value is -0.690. The van der Waals surface area contributed by atoms with E-state index in [-0.39, 0.29) is 22.7 Å². The number of nitrogens with one attached hydrogen (secondary N) is 1. The van der Waals surface area contributed by atoms with Crippen molar-refractivity contribution in [2.24, 2.45) is 0 Å². The van der Waals surface area contributed by atoms with Crippen LogP contribution in [0.4, 0.5) is 0 Å². The summed E-state index contributed by atoms with van der Waals surface area (Å²) in [4.78, 5) is 3.88. The Kier molecular flexibility index (Phi) is 5.77. The summed E-state index contributed by atoms with van der Waals surface area (Å²) in [5.74, 6) is 0. The van der Waals surface area contributed by atoms with E-state index in [0.29, 0.717) is 6.61 Å². The van der Waals surface area contributed by atoms with Gasteiger partial charge in [0.05, 0.1) is 17.6 Å². The third kappa shape index (κ3) is 4.70. The van der Waals surface area contributed by atoms with Crippen LogP contribution in [0.2, 0.25) is 5.15 Å². The van der Waals surface area contributed by atoms with Crippen molar-refractivity contribution in [3.63, 3.8) is 0 Å². The first kappa shape index (κ1) is 15.7. The minimum atomic E-state index is -3.54. The third-order valence-electron chi connectivity index (χ3n) is 3.31. The number of halogens is 1. The van der Waals surface area contributed by atoms with Gasteiger partial charge in [0.25, 0.3) is 0 Å². The van der Waals surface area contributed by atoms with Gasteiger partial charge < -0.3 is 4.74 Å². The van der Waals surface area contributed by atoms with Crippen molar-refractivity contribution in [1.82, 2.24) is 9.71 Å². The first-order valence-electron chi connectivity index (χ1n) is 6.81. The molecular formula is C13H19ClN2O3S. The molecule has 1 saturated carbocycles. The molecule has 0 saturated heterocycles. The van der Waals surface area contributed by atoms with Crippen molar-refractivity contribution in [1.29, 1.82) is 0 Å². The standard InChI is InChI=1S/C13H19ClN2O3S/c14-13-10-12(6-7-15-13)20(17,18)16-8-9-19-11-4-2-1-3-5-11/h6-7,10-11,16H,1-5,8-9H2. The Balaban J connectivity index is 1.78. The van der Waals surface area contributed by atoms with Crippen molar-refractivity contribution < 1.29 is 13.2 Å². The fraction of sp³-hybridized carbons (Fsp3) is 0.615. The maximum atomic E-state index is 12.0. The van der Waals surface area contributed by atoms with Crippen molar-refractivity contribution in [2.45, 2.75) is 43.1 Å². The smallest absolute Gasteiger partial charge is 0.240 e. The number of sulfonamides is 1. The molecule has 2 rings (SSSR count). The Labute approximate surface area is 124 Å². The molecule has 20 heavy (non-hydrogen) atoms. The summed E-state index contributed by atoms with van der Waals surface area (Å²) < 4.78 is 32.1. The largest absolute Gasteiger partial charge is 0.377 e. The van der Waals surface area contributed by atoms with Crippen molar-refractivity contribution >= 4 is 21.6 Å². The van der Waals surface area contributed by atoms with Crippen molar-refractivity contribution in [2.75, 3.05) is 13.2 Å². The Morgan fingerprint density at radius 2 is 2.10 bits per heavy atom. The topological polar surface area (TPSA) is 68.3 Å². The monoisotopic (exact) mass is 318 g/mol. The maximum absolute atomic E-state index is 12.0. The van der Waals surface area contributed by atoms with Gasteiger partial charge in [-0.3, -0.25) is 0 Å². The van der Waals surface area contributed by atoms with Gasteiger partial charge >= 0.3 is 0 Å². The van der Waals surface area contributed by atoms with Gasteiger partial charge in [0.15, 0.2) is 0 Å². The molecule has 1 aliphatic carbocycles. The van der Waals surface area contributed by atoms with Gasteiger partial charge in [-0.15, -0.1) is 0 Å². The minimum absolute atomic E-state index is 0.121. The van der Waals surface area contributed by atoms with E-state index < -0.39 is 10.0 Å². The molecular weight excluding hydrogens is 300 g/mol. The molecule has 0 bridgehead atoms. The number of hydrogen-bond acceptors (Lipinski definition) is 4. The number of ether oxygens (including phenoxy) is 1. The van der Waals surface area contributed by atoms with Crippen LogP contribution >= 0.6 is 11.6 Å². The molecule has 0 unspecified atom stereocenters. The highest BCUT2D eigenvalue weighted by Gasteiger charge is 2.16. The van der Waals surface area contributed by atoms with Crippen LogP contribution in [-0.2, 0) is 14.8 Å². The van der Waals surface area contributed by atoms with Crippen LogP contribution in [0.3, 0.4) is 0 Å². The summed E-state index contributed by atoms with van der Waals surface area (Å²) in [5, 5.41) is 0.159. The molecule has 112 valence electrons. The third-order valence-corrected chi connectivity index (χ3v) is 4.97. The van der Waals surface area contributed by atoms with Gasteiger partial charge in [0.1, 0.15) is 5.15 Å². The predicted molar refractivity (Wildman–Crippen MR) is 77.3 cm³/mol. The minimum Gasteiger partial charge on any atom is -0.377 e. The van der Waals surface area contributed by atoms with E-state index in [1.54, 1.807) is 0 Å². The zero-order chi connectivity index (χ0) is 14.4. The van der Waals surface area contributed by atoms with E-state index in [2.05, 4.69) is 9.71 Å². The van der Waals surface area contributed by atoms with Gasteiger partial charge in [0.2, 0.25) is 10.0 Å². The van der Waals surface area contributed by atoms with Gasteiger partial charge in [-0.05, 0) is 25.0 Å². The lowest BCUT2D eigenvalue weighted by Gasteiger charge is -2.21. The molecule has 0 spiro atoms. The van der Waals surface area contributed by atoms with Crippen LogP contribution in [0.25, 0.3) is 0 Å². The van der Waals surface area contributed by atoms with E-state index >= 15 is 0 Å². The summed E-state index contributed by atoms with van der Waals surface area (Å²) in [5.41, 5.74) is 0. The molecule has 0 amide bonds. The number of pyridine rings is 1. The number of nitrogens with zero attached hydrogens (tertiary/aromatic N) is 1. The second-order valence-electron chi connectivity index (χ2n) is 4.84. The Morgan fingerprint density at radius 3 is 2.80 bits per heavy atom. The van der Waals surface area contributed by atoms with Crippen LogP contribution < -0.4 is 4.72 Å². The van der Waals surface area contributed by atoms with E-state index in [0.717, 1.165) is 12.8 Å². The van der Waals surface area contributed by atoms with E-state index in [1.165, 1.54) is 37.6 Å². The molecule has 1 fully saturated rings. The molecule has 0 atom stereocenters. The van der Waals surface area contributed by atoms with Crippen LogP contribution in [0.5, 0.6) is 0 Å². The average Bonchev–Trinajstić information content (AvgIpc) is 2.45. The predicted octanol–water partition coefficient (Wildman–Crippen LogP) is 2.36. The number of rotatable bonds is 6. The Morgan fingerprint density at radius 1 is 1.35 bits per heavy atom. The summed E-state index contributed by atoms with van der Waals surface area (Å²) in [7, 11) is -3.54. The highest BCUT2D eigenvalue weighted by Crippen LogP contribution is 2.20. The zero-order valence-corrected chi connectivity index (χ0v) is 12.8. The van der Waals surface area contributed by atoms with Crippen molar-refractivity contribution in [3.05, 3.63) is 23.5 Å². The maximum Gasteiger partial charge on any atom is 0.240 e. The molecule has 1 aromatic rings. The van der Waals surface area contributed by atoms with Crippen molar-refractivity contribution in [3.8, 4) is 0 Å². The molecule has 1 N–H and O–H groups in total. The fourth-order valence-electron chi connectivity index (χ4n) is 2.27. The molecule has 5 nitrogen and oxygen atoms in total. The van der Waals surface area contributed by atoms with Crippen LogP contribution in [0, 0.1) is 0 Å². The van der Waals surface area contributed by atoms with Gasteiger partial charge in [0, 0.05) is 12.7 Å². The molecule has 7 heteroatoms. The van der Waals surface area contributed by atoms with Gasteiger partial charge in [-0.2, -0.15) is 0 Å².